The predicted octanol–water partition coefficient (Wildman–Crippen LogP) is 2.57. The first-order valence-electron chi connectivity index (χ1n) is 5.37. The molecular weight excluding hydrogens is 248 g/mol. The molecule has 18 heavy (non-hydrogen) atoms. The fraction of sp³-hybridized carbons (Fsp3) is 0.143. The molecule has 0 aliphatic rings. The summed E-state index contributed by atoms with van der Waals surface area (Å²) in [5.41, 5.74) is 1.65. The topological polar surface area (TPSA) is 43.4 Å². The van der Waals surface area contributed by atoms with Crippen molar-refractivity contribution in [3.63, 3.8) is 0 Å². The average molecular weight is 261 g/mol. The maximum absolute atomic E-state index is 11.5. The molecule has 4 heteroatoms. The second-order valence-electron chi connectivity index (χ2n) is 3.93. The van der Waals surface area contributed by atoms with E-state index < -0.39 is 9.84 Å². The van der Waals surface area contributed by atoms with Gasteiger partial charge in [0.1, 0.15) is 5.75 Å². The van der Waals surface area contributed by atoms with E-state index >= 15 is 0 Å². The van der Waals surface area contributed by atoms with Crippen LogP contribution in [-0.2, 0) is 9.84 Å². The van der Waals surface area contributed by atoms with Crippen molar-refractivity contribution in [1.82, 2.24) is 0 Å². The number of hydrogen-bond acceptors (Lipinski definition) is 3. The van der Waals surface area contributed by atoms with Crippen LogP contribution in [0.5, 0.6) is 5.75 Å². The van der Waals surface area contributed by atoms with Gasteiger partial charge >= 0.3 is 0 Å². The van der Waals surface area contributed by atoms with Gasteiger partial charge in [0, 0.05) is 12.3 Å². The summed E-state index contributed by atoms with van der Waals surface area (Å²) in [6, 6.07) is 15.4. The summed E-state index contributed by atoms with van der Waals surface area (Å²) in [7, 11) is -1.62. The lowest BCUT2D eigenvalue weighted by Gasteiger charge is -2.05. The van der Waals surface area contributed by atoms with Crippen LogP contribution in [0.1, 0.15) is 0 Å². The van der Waals surface area contributed by atoms with Gasteiger partial charge in [-0.2, -0.15) is 0 Å². The molecule has 0 aliphatic carbocycles. The van der Waals surface area contributed by atoms with Crippen molar-refractivity contribution < 1.29 is 13.2 Å². The van der Waals surface area contributed by atoms with E-state index in [1.807, 2.05) is 30.3 Å². The molecule has 1 radical (unpaired) electrons. The highest BCUT2D eigenvalue weighted by Crippen LogP contribution is 2.23. The van der Waals surface area contributed by atoms with Crippen molar-refractivity contribution in [3.05, 3.63) is 48.5 Å². The highest BCUT2D eigenvalue weighted by atomic mass is 32.2. The van der Waals surface area contributed by atoms with Crippen molar-refractivity contribution in [2.75, 3.05) is 13.4 Å². The highest BCUT2D eigenvalue weighted by molar-refractivity contribution is 7.90. The number of methoxy groups -OCH3 is 1. The molecule has 0 saturated heterocycles. The minimum absolute atomic E-state index is 0.204. The van der Waals surface area contributed by atoms with Crippen molar-refractivity contribution in [3.8, 4) is 16.9 Å². The van der Waals surface area contributed by atoms with Gasteiger partial charge in [0.2, 0.25) is 0 Å². The second kappa shape index (κ2) is 4.82. The lowest BCUT2D eigenvalue weighted by molar-refractivity contribution is 0.415. The van der Waals surface area contributed by atoms with E-state index in [1.54, 1.807) is 19.2 Å². The first-order valence-corrected chi connectivity index (χ1v) is 7.26. The van der Waals surface area contributed by atoms with E-state index in [4.69, 9.17) is 4.74 Å². The summed E-state index contributed by atoms with van der Waals surface area (Å²) < 4.78 is 28.0. The molecule has 2 rings (SSSR count). The molecule has 2 aromatic carbocycles. The van der Waals surface area contributed by atoms with Gasteiger partial charge in [-0.25, -0.2) is 8.42 Å². The highest BCUT2D eigenvalue weighted by Gasteiger charge is 2.08. The first-order chi connectivity index (χ1) is 8.50. The Morgan fingerprint density at radius 3 is 2.28 bits per heavy atom. The van der Waals surface area contributed by atoms with Crippen LogP contribution in [-0.4, -0.2) is 21.8 Å². The van der Waals surface area contributed by atoms with Crippen molar-refractivity contribution in [2.45, 2.75) is 4.90 Å². The molecule has 0 unspecified atom stereocenters. The van der Waals surface area contributed by atoms with Gasteiger partial charge in [-0.1, -0.05) is 24.3 Å². The van der Waals surface area contributed by atoms with Crippen LogP contribution < -0.4 is 4.74 Å². The molecule has 0 saturated carbocycles. The van der Waals surface area contributed by atoms with Gasteiger partial charge in [-0.05, 0) is 29.3 Å². The number of sulfone groups is 1. The fourth-order valence-corrected chi connectivity index (χ4v) is 2.22. The third-order valence-corrected chi connectivity index (χ3v) is 3.61. The Balaban J connectivity index is 2.44. The lowest BCUT2D eigenvalue weighted by atomic mass is 10.1. The van der Waals surface area contributed by atoms with Crippen LogP contribution >= 0.6 is 0 Å². The molecule has 2 aromatic rings. The Hall–Kier alpha value is -1.81. The van der Waals surface area contributed by atoms with Crippen LogP contribution in [0.3, 0.4) is 0 Å². The van der Waals surface area contributed by atoms with E-state index in [-0.39, 0.29) is 4.90 Å². The molecule has 0 aromatic heterocycles. The molecule has 0 fully saturated rings. The monoisotopic (exact) mass is 261 g/mol. The normalized spacial score (nSPS) is 11.2. The quantitative estimate of drug-likeness (QED) is 0.853. The molecule has 0 heterocycles. The van der Waals surface area contributed by atoms with Gasteiger partial charge in [-0.15, -0.1) is 0 Å². The number of rotatable bonds is 3. The molecule has 0 spiro atoms. The van der Waals surface area contributed by atoms with Gasteiger partial charge in [0.25, 0.3) is 0 Å². The Morgan fingerprint density at radius 1 is 1.06 bits per heavy atom. The molecule has 0 atom stereocenters. The molecule has 0 aliphatic heterocycles. The van der Waals surface area contributed by atoms with Crippen LogP contribution in [0.4, 0.5) is 0 Å². The largest absolute Gasteiger partial charge is 0.497 e. The molecule has 0 N–H and O–H groups in total. The summed E-state index contributed by atoms with van der Waals surface area (Å²) in [4.78, 5) is 0.204. The minimum Gasteiger partial charge on any atom is -0.497 e. The van der Waals surface area contributed by atoms with E-state index in [0.717, 1.165) is 16.9 Å². The number of ether oxygens (including phenoxy) is 1. The van der Waals surface area contributed by atoms with Gasteiger partial charge < -0.3 is 4.74 Å². The minimum atomic E-state index is -3.23. The summed E-state index contributed by atoms with van der Waals surface area (Å²) in [6.07, 6.45) is 1.18. The zero-order valence-corrected chi connectivity index (χ0v) is 11.0. The van der Waals surface area contributed by atoms with Gasteiger partial charge in [0.05, 0.1) is 12.0 Å². The van der Waals surface area contributed by atoms with E-state index in [1.165, 1.54) is 6.26 Å². The SMILES string of the molecule is COc1ccc(-c2[c]c(S(C)(=O)=O)ccc2)cc1. The second-order valence-corrected chi connectivity index (χ2v) is 5.91. The van der Waals surface area contributed by atoms with Crippen molar-refractivity contribution >= 4 is 9.84 Å². The van der Waals surface area contributed by atoms with Gasteiger partial charge in [-0.3, -0.25) is 0 Å². The zero-order chi connectivity index (χ0) is 13.2. The Labute approximate surface area is 107 Å². The predicted molar refractivity (Wildman–Crippen MR) is 70.4 cm³/mol. The Bertz CT molecular complexity index is 643. The Kier molecular flexibility index (Phi) is 3.39. The summed E-state index contributed by atoms with van der Waals surface area (Å²) in [5, 5.41) is 0. The average Bonchev–Trinajstić information content (AvgIpc) is 2.38. The Morgan fingerprint density at radius 2 is 1.72 bits per heavy atom. The smallest absolute Gasteiger partial charge is 0.176 e. The van der Waals surface area contributed by atoms with E-state index in [2.05, 4.69) is 6.07 Å². The molecule has 0 bridgehead atoms. The summed E-state index contributed by atoms with van der Waals surface area (Å²) in [5.74, 6) is 0.762. The van der Waals surface area contributed by atoms with Crippen LogP contribution in [0.2, 0.25) is 0 Å². The van der Waals surface area contributed by atoms with Crippen LogP contribution in [0.15, 0.2) is 47.4 Å². The molecule has 93 valence electrons. The van der Waals surface area contributed by atoms with Crippen LogP contribution in [0.25, 0.3) is 11.1 Å². The van der Waals surface area contributed by atoms with Gasteiger partial charge in [0.15, 0.2) is 9.84 Å². The van der Waals surface area contributed by atoms with Crippen molar-refractivity contribution in [1.29, 1.82) is 0 Å². The van der Waals surface area contributed by atoms with E-state index in [0.29, 0.717) is 0 Å². The van der Waals surface area contributed by atoms with Crippen molar-refractivity contribution in [2.24, 2.45) is 0 Å². The molecule has 0 amide bonds. The third-order valence-electron chi connectivity index (χ3n) is 2.57. The molecular formula is C14H13O3S. The number of hydrogen-bond donors (Lipinski definition) is 0. The molecule has 3 nitrogen and oxygen atoms in total. The maximum atomic E-state index is 11.5. The fourth-order valence-electron chi connectivity index (χ4n) is 1.60. The van der Waals surface area contributed by atoms with Crippen LogP contribution in [0, 0.1) is 6.07 Å². The maximum Gasteiger partial charge on any atom is 0.176 e. The standard InChI is InChI=1S/C14H13O3S/c1-17-13-8-6-11(7-9-13)12-4-3-5-14(10-12)18(2,15)16/h3-9H,1-2H3. The summed E-state index contributed by atoms with van der Waals surface area (Å²) >= 11 is 0. The summed E-state index contributed by atoms with van der Waals surface area (Å²) in [6.45, 7) is 0. The lowest BCUT2D eigenvalue weighted by Crippen LogP contribution is -1.97. The van der Waals surface area contributed by atoms with E-state index in [9.17, 15) is 8.42 Å². The first kappa shape index (κ1) is 12.6. The third kappa shape index (κ3) is 2.71. The number of benzene rings is 2. The zero-order valence-electron chi connectivity index (χ0n) is 10.2.